The summed E-state index contributed by atoms with van der Waals surface area (Å²) in [6, 6.07) is 16.3. The summed E-state index contributed by atoms with van der Waals surface area (Å²) in [5.41, 5.74) is 2.65. The fourth-order valence-electron chi connectivity index (χ4n) is 3.30. The van der Waals surface area contributed by atoms with Crippen molar-refractivity contribution in [3.05, 3.63) is 70.8 Å². The first-order valence-electron chi connectivity index (χ1n) is 10.6. The minimum Gasteiger partial charge on any atom is -0.444 e. The molecule has 0 bridgehead atoms. The number of hydrogen-bond donors (Lipinski definition) is 2. The Morgan fingerprint density at radius 1 is 1.03 bits per heavy atom. The van der Waals surface area contributed by atoms with Gasteiger partial charge < -0.3 is 15.4 Å². The third-order valence-electron chi connectivity index (χ3n) is 4.57. The first-order chi connectivity index (χ1) is 15.5. The van der Waals surface area contributed by atoms with Crippen molar-refractivity contribution < 1.29 is 19.1 Å². The molecule has 3 amide bonds. The molecule has 0 spiro atoms. The van der Waals surface area contributed by atoms with Crippen LogP contribution in [0.4, 0.5) is 4.79 Å². The van der Waals surface area contributed by atoms with Gasteiger partial charge in [-0.2, -0.15) is 0 Å². The summed E-state index contributed by atoms with van der Waals surface area (Å²) in [4.78, 5) is 39.2. The lowest BCUT2D eigenvalue weighted by atomic mass is 9.99. The molecule has 0 aromatic heterocycles. The molecule has 0 heterocycles. The van der Waals surface area contributed by atoms with Crippen molar-refractivity contribution in [2.45, 2.75) is 52.8 Å². The van der Waals surface area contributed by atoms with E-state index in [4.69, 9.17) is 11.2 Å². The molecule has 0 fully saturated rings. The first kappa shape index (κ1) is 25.5. The van der Waals surface area contributed by atoms with E-state index in [1.807, 2.05) is 62.4 Å². The maximum Gasteiger partial charge on any atom is 0.408 e. The molecule has 33 heavy (non-hydrogen) atoms. The lowest BCUT2D eigenvalue weighted by Crippen LogP contribution is -2.45. The summed E-state index contributed by atoms with van der Waals surface area (Å²) in [7, 11) is 0. The highest BCUT2D eigenvalue weighted by molar-refractivity contribution is 5.91. The van der Waals surface area contributed by atoms with E-state index >= 15 is 0 Å². The number of aryl methyl sites for hydroxylation is 2. The Kier molecular flexibility index (Phi) is 8.63. The highest BCUT2D eigenvalue weighted by Gasteiger charge is 2.31. The van der Waals surface area contributed by atoms with Crippen LogP contribution < -0.4 is 10.6 Å². The van der Waals surface area contributed by atoms with Gasteiger partial charge in [0.05, 0.1) is 0 Å². The Morgan fingerprint density at radius 3 is 2.18 bits per heavy atom. The summed E-state index contributed by atoms with van der Waals surface area (Å²) in [6.07, 6.45) is 4.93. The Hall–Kier alpha value is -3.79. The molecule has 2 aromatic rings. The molecule has 174 valence electrons. The van der Waals surface area contributed by atoms with Gasteiger partial charge in [-0.1, -0.05) is 66.1 Å². The molecule has 0 aliphatic carbocycles. The van der Waals surface area contributed by atoms with E-state index in [-0.39, 0.29) is 6.54 Å². The number of amides is 3. The van der Waals surface area contributed by atoms with Crippen molar-refractivity contribution in [3.8, 4) is 12.5 Å². The summed E-state index contributed by atoms with van der Waals surface area (Å²) >= 11 is 0. The predicted octanol–water partition coefficient (Wildman–Crippen LogP) is 3.60. The lowest BCUT2D eigenvalue weighted by Gasteiger charge is -2.27. The van der Waals surface area contributed by atoms with Crippen LogP contribution in [-0.4, -0.2) is 35.0 Å². The van der Waals surface area contributed by atoms with Crippen LogP contribution in [0.1, 0.15) is 49.1 Å². The molecule has 0 saturated carbocycles. The van der Waals surface area contributed by atoms with Crippen molar-refractivity contribution in [1.29, 1.82) is 0 Å². The zero-order chi connectivity index (χ0) is 24.6. The maximum atomic E-state index is 13.3. The Balaban J connectivity index is 2.26. The topological polar surface area (TPSA) is 87.7 Å². The van der Waals surface area contributed by atoms with Crippen LogP contribution in [0, 0.1) is 26.3 Å². The van der Waals surface area contributed by atoms with E-state index in [9.17, 15) is 14.4 Å². The summed E-state index contributed by atoms with van der Waals surface area (Å²) in [5.74, 6) is -1.03. The number of carbonyl (C=O) groups is 3. The largest absolute Gasteiger partial charge is 0.444 e. The second-order valence-electron chi connectivity index (χ2n) is 8.78. The van der Waals surface area contributed by atoms with E-state index in [1.165, 1.54) is 0 Å². The molecule has 7 nitrogen and oxygen atoms in total. The molecule has 7 heteroatoms. The van der Waals surface area contributed by atoms with Gasteiger partial charge >= 0.3 is 6.09 Å². The lowest BCUT2D eigenvalue weighted by molar-refractivity contribution is -0.136. The number of terminal acetylenes is 1. The Labute approximate surface area is 195 Å². The van der Waals surface area contributed by atoms with Crippen LogP contribution in [0.25, 0.3) is 0 Å². The number of carbonyl (C=O) groups excluding carboxylic acids is 3. The average Bonchev–Trinajstić information content (AvgIpc) is 2.72. The van der Waals surface area contributed by atoms with Gasteiger partial charge in [0, 0.05) is 12.6 Å². The van der Waals surface area contributed by atoms with E-state index in [0.717, 1.165) is 21.6 Å². The quantitative estimate of drug-likeness (QED) is 0.499. The second kappa shape index (κ2) is 11.2. The van der Waals surface area contributed by atoms with Crippen molar-refractivity contribution in [1.82, 2.24) is 15.5 Å². The van der Waals surface area contributed by atoms with Crippen molar-refractivity contribution in [3.63, 3.8) is 0 Å². The minimum absolute atomic E-state index is 0.281. The standard InChI is InChI=1S/C26H31N3O4/c1-7-29(22(30)17-28-25(32)33-26(4,5)6)23(21-14-18(2)13-19(3)15-21)24(31)27-16-20-11-9-8-10-12-20/h1,8-15,23H,16-17H2,2-6H3,(H,27,31)(H,28,32). The zero-order valence-electron chi connectivity index (χ0n) is 19.8. The molecule has 2 rings (SSSR count). The highest BCUT2D eigenvalue weighted by atomic mass is 16.6. The van der Waals surface area contributed by atoms with Gasteiger partial charge in [-0.05, 0) is 45.7 Å². The number of nitrogens with one attached hydrogen (secondary N) is 2. The maximum absolute atomic E-state index is 13.3. The number of rotatable bonds is 7. The SMILES string of the molecule is C#CN(C(=O)CNC(=O)OC(C)(C)C)C(C(=O)NCc1ccccc1)c1cc(C)cc(C)c1. The van der Waals surface area contributed by atoms with Crippen molar-refractivity contribution >= 4 is 17.9 Å². The van der Waals surface area contributed by atoms with Crippen LogP contribution in [0.3, 0.4) is 0 Å². The highest BCUT2D eigenvalue weighted by Crippen LogP contribution is 2.24. The van der Waals surface area contributed by atoms with E-state index in [2.05, 4.69) is 16.7 Å². The minimum atomic E-state index is -1.06. The number of hydrogen-bond acceptors (Lipinski definition) is 4. The van der Waals surface area contributed by atoms with Crippen molar-refractivity contribution in [2.75, 3.05) is 6.54 Å². The van der Waals surface area contributed by atoms with Crippen LogP contribution in [0.2, 0.25) is 0 Å². The number of alkyl carbamates (subject to hydrolysis) is 1. The molecular formula is C26H31N3O4. The van der Waals surface area contributed by atoms with E-state index < -0.39 is 36.1 Å². The fraction of sp³-hybridized carbons (Fsp3) is 0.346. The molecular weight excluding hydrogens is 418 g/mol. The zero-order valence-corrected chi connectivity index (χ0v) is 19.8. The van der Waals surface area contributed by atoms with Gasteiger partial charge in [0.2, 0.25) is 5.91 Å². The summed E-state index contributed by atoms with van der Waals surface area (Å²) < 4.78 is 5.16. The predicted molar refractivity (Wildman–Crippen MR) is 127 cm³/mol. The van der Waals surface area contributed by atoms with Gasteiger partial charge in [-0.15, -0.1) is 0 Å². The molecule has 1 atom stereocenters. The molecule has 2 N–H and O–H groups in total. The Bertz CT molecular complexity index is 1020. The second-order valence-corrected chi connectivity index (χ2v) is 8.78. The van der Waals surface area contributed by atoms with Gasteiger partial charge in [-0.25, -0.2) is 4.79 Å². The van der Waals surface area contributed by atoms with Gasteiger partial charge in [0.25, 0.3) is 5.91 Å². The van der Waals surface area contributed by atoms with Crippen LogP contribution in [0.5, 0.6) is 0 Å². The monoisotopic (exact) mass is 449 g/mol. The molecule has 0 radical (unpaired) electrons. The molecule has 2 aromatic carbocycles. The van der Waals surface area contributed by atoms with E-state index in [0.29, 0.717) is 5.56 Å². The molecule has 0 saturated heterocycles. The van der Waals surface area contributed by atoms with Gasteiger partial charge in [-0.3, -0.25) is 14.5 Å². The smallest absolute Gasteiger partial charge is 0.408 e. The number of nitrogens with zero attached hydrogens (tertiary/aromatic N) is 1. The number of ether oxygens (including phenoxy) is 1. The van der Waals surface area contributed by atoms with E-state index in [1.54, 1.807) is 20.8 Å². The van der Waals surface area contributed by atoms with Crippen LogP contribution in [-0.2, 0) is 20.9 Å². The third-order valence-corrected chi connectivity index (χ3v) is 4.57. The average molecular weight is 450 g/mol. The Morgan fingerprint density at radius 2 is 1.64 bits per heavy atom. The first-order valence-corrected chi connectivity index (χ1v) is 10.6. The van der Waals surface area contributed by atoms with Gasteiger partial charge in [0.15, 0.2) is 0 Å². The van der Waals surface area contributed by atoms with Crippen LogP contribution >= 0.6 is 0 Å². The normalized spacial score (nSPS) is 11.6. The summed E-state index contributed by atoms with van der Waals surface area (Å²) in [6.45, 7) is 8.83. The molecule has 1 unspecified atom stereocenters. The molecule has 0 aliphatic heterocycles. The summed E-state index contributed by atoms with van der Waals surface area (Å²) in [5, 5.41) is 5.26. The molecule has 0 aliphatic rings. The van der Waals surface area contributed by atoms with Gasteiger partial charge in [0.1, 0.15) is 18.2 Å². The fourth-order valence-corrected chi connectivity index (χ4v) is 3.30. The van der Waals surface area contributed by atoms with Crippen molar-refractivity contribution in [2.24, 2.45) is 0 Å². The van der Waals surface area contributed by atoms with Crippen LogP contribution in [0.15, 0.2) is 48.5 Å². The number of benzene rings is 2. The third kappa shape index (κ3) is 8.00.